The van der Waals surface area contributed by atoms with Gasteiger partial charge >= 0.3 is 0 Å². The summed E-state index contributed by atoms with van der Waals surface area (Å²) in [4.78, 5) is 8.60. The largest absolute Gasteiger partial charge is 0.283 e. The monoisotopic (exact) mass is 341 g/mol. The Kier molecular flexibility index (Phi) is 4.27. The third kappa shape index (κ3) is 3.37. The van der Waals surface area contributed by atoms with Crippen LogP contribution in [0.25, 0.3) is 5.65 Å². The summed E-state index contributed by atoms with van der Waals surface area (Å²) < 4.78 is 1.96. The van der Waals surface area contributed by atoms with Gasteiger partial charge < -0.3 is 0 Å². The van der Waals surface area contributed by atoms with Gasteiger partial charge in [-0.1, -0.05) is 12.1 Å². The number of rotatable bonds is 4. The molecular weight excluding hydrogens is 322 g/mol. The molecule has 0 saturated heterocycles. The van der Waals surface area contributed by atoms with Gasteiger partial charge in [0.05, 0.1) is 11.4 Å². The van der Waals surface area contributed by atoms with Crippen molar-refractivity contribution in [1.29, 1.82) is 0 Å². The Bertz CT molecular complexity index is 1060. The van der Waals surface area contributed by atoms with E-state index in [9.17, 15) is 0 Å². The lowest BCUT2D eigenvalue weighted by Crippen LogP contribution is -1.87. The van der Waals surface area contributed by atoms with E-state index < -0.39 is 0 Å². The van der Waals surface area contributed by atoms with Crippen LogP contribution in [0.2, 0.25) is 0 Å². The summed E-state index contributed by atoms with van der Waals surface area (Å²) in [6.45, 7) is 4.01. The van der Waals surface area contributed by atoms with E-state index in [0.29, 0.717) is 0 Å². The number of aryl methyl sites for hydroxylation is 2. The smallest absolute Gasteiger partial charge is 0.182 e. The summed E-state index contributed by atoms with van der Waals surface area (Å²) in [5.41, 5.74) is 6.24. The molecule has 0 amide bonds. The zero-order valence-corrected chi connectivity index (χ0v) is 14.8. The highest BCUT2D eigenvalue weighted by Crippen LogP contribution is 2.24. The van der Waals surface area contributed by atoms with Crippen LogP contribution in [0.15, 0.2) is 77.3 Å². The zero-order chi connectivity index (χ0) is 17.9. The molecule has 128 valence electrons. The van der Waals surface area contributed by atoms with Crippen LogP contribution in [-0.4, -0.2) is 14.4 Å². The summed E-state index contributed by atoms with van der Waals surface area (Å²) in [6, 6.07) is 16.3. The highest BCUT2D eigenvalue weighted by molar-refractivity contribution is 5.53. The van der Waals surface area contributed by atoms with Gasteiger partial charge in [-0.15, -0.1) is 10.2 Å². The Hall–Kier alpha value is -3.34. The number of aromatic nitrogens is 3. The number of imidazole rings is 1. The van der Waals surface area contributed by atoms with Crippen molar-refractivity contribution < 1.29 is 0 Å². The Morgan fingerprint density at radius 2 is 1.62 bits per heavy atom. The van der Waals surface area contributed by atoms with E-state index in [1.165, 1.54) is 16.7 Å². The van der Waals surface area contributed by atoms with E-state index in [-0.39, 0.29) is 0 Å². The number of hydrogen-bond acceptors (Lipinski definition) is 4. The molecule has 4 rings (SSSR count). The van der Waals surface area contributed by atoms with Crippen LogP contribution < -0.4 is 0 Å². The highest BCUT2D eigenvalue weighted by Gasteiger charge is 2.07. The molecule has 0 unspecified atom stereocenters. The Balaban J connectivity index is 1.55. The van der Waals surface area contributed by atoms with Gasteiger partial charge in [-0.05, 0) is 73.4 Å². The lowest BCUT2D eigenvalue weighted by molar-refractivity contribution is 1.09. The van der Waals surface area contributed by atoms with Gasteiger partial charge in [0.1, 0.15) is 5.65 Å². The van der Waals surface area contributed by atoms with E-state index in [0.717, 1.165) is 29.3 Å². The maximum atomic E-state index is 4.55. The van der Waals surface area contributed by atoms with E-state index in [4.69, 9.17) is 0 Å². The minimum atomic E-state index is 0.765. The molecule has 0 fully saturated rings. The predicted octanol–water partition coefficient (Wildman–Crippen LogP) is 5.35. The number of nitrogens with zero attached hydrogens (tertiary/aromatic N) is 5. The molecule has 1 aromatic carbocycles. The number of benzene rings is 1. The van der Waals surface area contributed by atoms with Gasteiger partial charge in [-0.2, -0.15) is 0 Å². The van der Waals surface area contributed by atoms with Gasteiger partial charge in [0, 0.05) is 18.6 Å². The van der Waals surface area contributed by atoms with Crippen molar-refractivity contribution in [3.63, 3.8) is 0 Å². The zero-order valence-electron chi connectivity index (χ0n) is 14.8. The predicted molar refractivity (Wildman–Crippen MR) is 102 cm³/mol. The molecule has 4 aromatic rings. The molecule has 0 radical (unpaired) electrons. The lowest BCUT2D eigenvalue weighted by atomic mass is 10.1. The number of fused-ring (bicyclic) bond motifs is 1. The first-order valence-electron chi connectivity index (χ1n) is 8.54. The molecule has 26 heavy (non-hydrogen) atoms. The minimum Gasteiger partial charge on any atom is -0.283 e. The van der Waals surface area contributed by atoms with Gasteiger partial charge in [0.2, 0.25) is 0 Å². The molecule has 0 atom stereocenters. The molecule has 3 aromatic heterocycles. The van der Waals surface area contributed by atoms with Crippen molar-refractivity contribution >= 4 is 17.2 Å². The maximum Gasteiger partial charge on any atom is 0.182 e. The van der Waals surface area contributed by atoms with Crippen molar-refractivity contribution in [2.75, 3.05) is 0 Å². The Morgan fingerprint density at radius 3 is 2.38 bits per heavy atom. The lowest BCUT2D eigenvalue weighted by Gasteiger charge is -2.02. The van der Waals surface area contributed by atoms with Crippen molar-refractivity contribution in [3.8, 4) is 0 Å². The van der Waals surface area contributed by atoms with Crippen LogP contribution in [0.1, 0.15) is 22.4 Å². The second-order valence-electron chi connectivity index (χ2n) is 6.35. The Morgan fingerprint density at radius 1 is 0.885 bits per heavy atom. The third-order valence-corrected chi connectivity index (χ3v) is 4.28. The first-order chi connectivity index (χ1) is 12.7. The van der Waals surface area contributed by atoms with Crippen LogP contribution in [0.3, 0.4) is 0 Å². The molecule has 0 aliphatic carbocycles. The van der Waals surface area contributed by atoms with E-state index in [2.05, 4.69) is 39.3 Å². The topological polar surface area (TPSA) is 54.9 Å². The van der Waals surface area contributed by atoms with Crippen LogP contribution in [0.4, 0.5) is 11.5 Å². The van der Waals surface area contributed by atoms with E-state index in [1.54, 1.807) is 0 Å². The molecule has 5 heteroatoms. The molecule has 0 aliphatic heterocycles. The van der Waals surface area contributed by atoms with Crippen LogP contribution >= 0.6 is 0 Å². The Labute approximate surface area is 152 Å². The molecular formula is C21H19N5. The summed E-state index contributed by atoms with van der Waals surface area (Å²) in [7, 11) is 0. The van der Waals surface area contributed by atoms with Gasteiger partial charge in [-0.3, -0.25) is 9.38 Å². The summed E-state index contributed by atoms with van der Waals surface area (Å²) in [5.74, 6) is 0.765. The molecule has 0 N–H and O–H groups in total. The first kappa shape index (κ1) is 16.1. The quantitative estimate of drug-likeness (QED) is 0.470. The van der Waals surface area contributed by atoms with Crippen LogP contribution in [0, 0.1) is 13.8 Å². The molecule has 0 spiro atoms. The molecule has 0 saturated carbocycles. The standard InChI is InChI=1S/C21H19N5/c1-15-9-12-26-20(13-15)23-16(2)21(26)25-24-19-5-3-17(4-6-19)14-18-7-10-22-11-8-18/h3-13H,14H2,1-2H3. The third-order valence-electron chi connectivity index (χ3n) is 4.28. The summed E-state index contributed by atoms with van der Waals surface area (Å²) >= 11 is 0. The fourth-order valence-electron chi connectivity index (χ4n) is 2.89. The van der Waals surface area contributed by atoms with Gasteiger partial charge in [0.25, 0.3) is 0 Å². The molecule has 0 bridgehead atoms. The van der Waals surface area contributed by atoms with Crippen molar-refractivity contribution in [2.45, 2.75) is 20.3 Å². The minimum absolute atomic E-state index is 0.765. The van der Waals surface area contributed by atoms with E-state index in [1.807, 2.05) is 66.3 Å². The maximum absolute atomic E-state index is 4.55. The molecule has 5 nitrogen and oxygen atoms in total. The second-order valence-corrected chi connectivity index (χ2v) is 6.35. The average Bonchev–Trinajstić information content (AvgIpc) is 2.96. The number of azo groups is 1. The molecule has 3 heterocycles. The second kappa shape index (κ2) is 6.88. The van der Waals surface area contributed by atoms with Gasteiger partial charge in [-0.25, -0.2) is 4.98 Å². The number of hydrogen-bond donors (Lipinski definition) is 0. The van der Waals surface area contributed by atoms with Crippen molar-refractivity contribution in [2.24, 2.45) is 10.2 Å². The fraction of sp³-hybridized carbons (Fsp3) is 0.143. The van der Waals surface area contributed by atoms with Crippen LogP contribution in [-0.2, 0) is 6.42 Å². The van der Waals surface area contributed by atoms with Crippen LogP contribution in [0.5, 0.6) is 0 Å². The molecule has 0 aliphatic rings. The van der Waals surface area contributed by atoms with Crippen molar-refractivity contribution in [1.82, 2.24) is 14.4 Å². The average molecular weight is 341 g/mol. The van der Waals surface area contributed by atoms with E-state index >= 15 is 0 Å². The van der Waals surface area contributed by atoms with Gasteiger partial charge in [0.15, 0.2) is 5.82 Å². The number of pyridine rings is 2. The summed E-state index contributed by atoms with van der Waals surface area (Å²) in [5, 5.41) is 8.81. The normalized spacial score (nSPS) is 11.5. The fourth-order valence-corrected chi connectivity index (χ4v) is 2.89. The summed E-state index contributed by atoms with van der Waals surface area (Å²) in [6.07, 6.45) is 6.50. The SMILES string of the molecule is Cc1ccn2c(N=Nc3ccc(Cc4ccncc4)cc3)c(C)nc2c1. The van der Waals surface area contributed by atoms with Crippen molar-refractivity contribution in [3.05, 3.63) is 89.5 Å². The highest BCUT2D eigenvalue weighted by atomic mass is 15.2. The first-order valence-corrected chi connectivity index (χ1v) is 8.54.